The van der Waals surface area contributed by atoms with Crippen LogP contribution in [0.5, 0.6) is 0 Å². The van der Waals surface area contributed by atoms with Crippen molar-refractivity contribution in [1.29, 1.82) is 0 Å². The molecule has 11 nitrogen and oxygen atoms in total. The Morgan fingerprint density at radius 2 is 1.70 bits per heavy atom. The van der Waals surface area contributed by atoms with Crippen molar-refractivity contribution in [2.75, 3.05) is 42.6 Å². The molecule has 260 valence electrons. The van der Waals surface area contributed by atoms with Crippen LogP contribution in [-0.2, 0) is 27.4 Å². The van der Waals surface area contributed by atoms with Crippen molar-refractivity contribution in [2.24, 2.45) is 0 Å². The molecule has 0 bridgehead atoms. The largest absolute Gasteiger partial charge is 0.368 e. The van der Waals surface area contributed by atoms with Crippen LogP contribution in [0.4, 0.5) is 20.2 Å². The maximum Gasteiger partial charge on any atom is 0.350 e. The molecule has 3 aromatic carbocycles. The van der Waals surface area contributed by atoms with E-state index < -0.39 is 22.9 Å². The van der Waals surface area contributed by atoms with E-state index >= 15 is 0 Å². The SMILES string of the molecule is CCC(CC)n1ncn(-c2ccc(N3CCN(c4c#cc(CSC5OCC(Cn6cncn6)(c6ccc(F)cc6F)O5)cc4)CC3)cc2)c1=O. The Bertz CT molecular complexity index is 1920. The Morgan fingerprint density at radius 1 is 0.940 bits per heavy atom. The van der Waals surface area contributed by atoms with Crippen LogP contribution in [0.15, 0.2) is 78.4 Å². The predicted octanol–water partition coefficient (Wildman–Crippen LogP) is 5.35. The summed E-state index contributed by atoms with van der Waals surface area (Å²) in [5, 5.41) is 8.50. The van der Waals surface area contributed by atoms with Gasteiger partial charge in [0.25, 0.3) is 0 Å². The lowest BCUT2D eigenvalue weighted by Gasteiger charge is -2.36. The number of anilines is 2. The van der Waals surface area contributed by atoms with Crippen molar-refractivity contribution >= 4 is 23.1 Å². The van der Waals surface area contributed by atoms with Crippen LogP contribution in [0.2, 0.25) is 0 Å². The van der Waals surface area contributed by atoms with Gasteiger partial charge < -0.3 is 19.3 Å². The average molecular weight is 701 g/mol. The van der Waals surface area contributed by atoms with Gasteiger partial charge in [-0.3, -0.25) is 0 Å². The molecule has 0 radical (unpaired) electrons. The maximum atomic E-state index is 14.9. The molecule has 2 atom stereocenters. The lowest BCUT2D eigenvalue weighted by molar-refractivity contribution is -0.0470. The quantitative estimate of drug-likeness (QED) is 0.171. The molecule has 14 heteroatoms. The number of halogens is 2. The zero-order valence-corrected chi connectivity index (χ0v) is 28.7. The standard InChI is InChI=1S/C36H38F2N8O3S/c1-3-28(4-2)46-34(47)45(25-41-46)31-12-10-30(11-13-31)43-17-15-42(16-18-43)29-8-5-26(6-9-29)20-50-35-48-22-36(49-35,21-44-24-39-23-40-44)32-14-7-27(37)19-33(32)38/h5,7-8,10-14,19,23-25,28,35H,3-4,15-18,20-22H2,1-2H3. The van der Waals surface area contributed by atoms with Crippen LogP contribution in [-0.4, -0.2) is 67.5 Å². The van der Waals surface area contributed by atoms with E-state index in [1.54, 1.807) is 20.3 Å². The van der Waals surface area contributed by atoms with E-state index in [0.717, 1.165) is 67.7 Å². The molecule has 2 fully saturated rings. The first kappa shape index (κ1) is 33.8. The van der Waals surface area contributed by atoms with Gasteiger partial charge in [0.15, 0.2) is 0 Å². The monoisotopic (exact) mass is 700 g/mol. The summed E-state index contributed by atoms with van der Waals surface area (Å²) in [6.07, 6.45) is 6.24. The number of rotatable bonds is 12. The zero-order chi connectivity index (χ0) is 34.7. The summed E-state index contributed by atoms with van der Waals surface area (Å²) in [4.78, 5) is 21.6. The Labute approximate surface area is 293 Å². The van der Waals surface area contributed by atoms with Crippen molar-refractivity contribution in [3.05, 3.63) is 119 Å². The van der Waals surface area contributed by atoms with Gasteiger partial charge in [-0.2, -0.15) is 10.2 Å². The second-order valence-electron chi connectivity index (χ2n) is 12.4. The average Bonchev–Trinajstić information content (AvgIpc) is 3.90. The van der Waals surface area contributed by atoms with E-state index in [1.807, 2.05) is 18.2 Å². The van der Waals surface area contributed by atoms with Gasteiger partial charge in [-0.15, -0.1) is 0 Å². The van der Waals surface area contributed by atoms with Crippen LogP contribution in [0.3, 0.4) is 0 Å². The lowest BCUT2D eigenvalue weighted by Crippen LogP contribution is -2.46. The Kier molecular flexibility index (Phi) is 9.89. The fourth-order valence-corrected chi connectivity index (χ4v) is 7.42. The third-order valence-corrected chi connectivity index (χ3v) is 10.3. The molecule has 0 N–H and O–H groups in total. The first-order valence-electron chi connectivity index (χ1n) is 16.7. The summed E-state index contributed by atoms with van der Waals surface area (Å²) in [5.74, 6) is -0.820. The van der Waals surface area contributed by atoms with Gasteiger partial charge in [0.05, 0.1) is 30.6 Å². The maximum absolute atomic E-state index is 14.9. The number of aromatic nitrogens is 6. The van der Waals surface area contributed by atoms with Gasteiger partial charge in [-0.1, -0.05) is 37.7 Å². The Hall–Kier alpha value is -4.71. The van der Waals surface area contributed by atoms with E-state index in [-0.39, 0.29) is 30.4 Å². The summed E-state index contributed by atoms with van der Waals surface area (Å²) in [5.41, 5.74) is 2.05. The molecule has 2 unspecified atom stereocenters. The topological polar surface area (TPSA) is 95.5 Å². The van der Waals surface area contributed by atoms with Crippen LogP contribution in [0.1, 0.15) is 43.9 Å². The molecule has 7 rings (SSSR count). The summed E-state index contributed by atoms with van der Waals surface area (Å²) in [7, 11) is 0. The molecule has 0 saturated carbocycles. The Balaban J connectivity index is 0.924. The molecular weight excluding hydrogens is 663 g/mol. The third kappa shape index (κ3) is 6.98. The van der Waals surface area contributed by atoms with Crippen molar-refractivity contribution < 1.29 is 18.3 Å². The van der Waals surface area contributed by atoms with E-state index in [9.17, 15) is 13.6 Å². The first-order chi connectivity index (χ1) is 24.4. The summed E-state index contributed by atoms with van der Waals surface area (Å²) < 4.78 is 45.6. The third-order valence-electron chi connectivity index (χ3n) is 9.34. The molecular formula is C36H38F2N8O3S. The van der Waals surface area contributed by atoms with Crippen molar-refractivity contribution in [3.8, 4) is 5.69 Å². The minimum absolute atomic E-state index is 0.0716. The first-order valence-corrected chi connectivity index (χ1v) is 17.8. The smallest absolute Gasteiger partial charge is 0.350 e. The van der Waals surface area contributed by atoms with E-state index in [0.29, 0.717) is 5.75 Å². The van der Waals surface area contributed by atoms with Gasteiger partial charge in [-0.05, 0) is 61.4 Å². The van der Waals surface area contributed by atoms with E-state index in [4.69, 9.17) is 9.47 Å². The van der Waals surface area contributed by atoms with E-state index in [1.165, 1.54) is 36.5 Å². The number of ether oxygens (including phenoxy) is 2. The second-order valence-corrected chi connectivity index (χ2v) is 13.4. The number of thioether (sulfide) groups is 1. The molecule has 4 heterocycles. The van der Waals surface area contributed by atoms with Crippen molar-refractivity contribution in [1.82, 2.24) is 29.1 Å². The highest BCUT2D eigenvalue weighted by Gasteiger charge is 2.45. The molecule has 50 heavy (non-hydrogen) atoms. The number of benzene rings is 2. The number of piperazine rings is 1. The predicted molar refractivity (Wildman–Crippen MR) is 186 cm³/mol. The highest BCUT2D eigenvalue weighted by molar-refractivity contribution is 7.98. The van der Waals surface area contributed by atoms with E-state index in [2.05, 4.69) is 69.2 Å². The van der Waals surface area contributed by atoms with Crippen LogP contribution >= 0.6 is 11.8 Å². The molecule has 2 aliphatic rings. The fraction of sp³-hybridized carbons (Fsp3) is 0.389. The van der Waals surface area contributed by atoms with Gasteiger partial charge in [0.2, 0.25) is 5.62 Å². The molecule has 2 saturated heterocycles. The van der Waals surface area contributed by atoms with Crippen LogP contribution in [0, 0.1) is 23.8 Å². The highest BCUT2D eigenvalue weighted by Crippen LogP contribution is 2.40. The fourth-order valence-electron chi connectivity index (χ4n) is 6.52. The number of nitrogens with zero attached hydrogens (tertiary/aromatic N) is 8. The van der Waals surface area contributed by atoms with Crippen LogP contribution < -0.4 is 15.5 Å². The second kappa shape index (κ2) is 14.6. The van der Waals surface area contributed by atoms with Crippen LogP contribution in [0.25, 0.3) is 5.69 Å². The van der Waals surface area contributed by atoms with Crippen molar-refractivity contribution in [3.63, 3.8) is 0 Å². The van der Waals surface area contributed by atoms with Gasteiger partial charge >= 0.3 is 5.69 Å². The Morgan fingerprint density at radius 3 is 2.38 bits per heavy atom. The summed E-state index contributed by atoms with van der Waals surface area (Å²) >= 11 is 1.42. The molecule has 0 spiro atoms. The molecule has 2 aliphatic heterocycles. The number of hydrogen-bond acceptors (Lipinski definition) is 9. The van der Waals surface area contributed by atoms with Gasteiger partial charge in [0.1, 0.15) is 36.2 Å². The molecule has 0 amide bonds. The zero-order valence-electron chi connectivity index (χ0n) is 27.9. The minimum Gasteiger partial charge on any atom is -0.368 e. The molecule has 5 aromatic rings. The molecule has 2 aromatic heterocycles. The highest BCUT2D eigenvalue weighted by atomic mass is 32.2. The minimum atomic E-state index is -1.19. The van der Waals surface area contributed by atoms with Gasteiger partial charge in [0, 0.05) is 54.8 Å². The van der Waals surface area contributed by atoms with Gasteiger partial charge in [-0.25, -0.2) is 32.5 Å². The molecule has 0 aliphatic carbocycles. The summed E-state index contributed by atoms with van der Waals surface area (Å²) in [6.45, 7) is 7.73. The number of hydrogen-bond donors (Lipinski definition) is 0. The summed E-state index contributed by atoms with van der Waals surface area (Å²) in [6, 6.07) is 22.3. The lowest BCUT2D eigenvalue weighted by atomic mass is 9.94. The normalized spacial score (nSPS) is 19.3. The van der Waals surface area contributed by atoms with Crippen molar-refractivity contribution in [2.45, 2.75) is 56.3 Å².